The average Bonchev–Trinajstić information content (AvgIpc) is 3.76. The van der Waals surface area contributed by atoms with Crippen LogP contribution in [0.3, 0.4) is 0 Å². The smallest absolute Gasteiger partial charge is 0.260 e. The highest BCUT2D eigenvalue weighted by Gasteiger charge is 2.30. The Morgan fingerprint density at radius 2 is 1.85 bits per heavy atom. The first kappa shape index (κ1) is 29.2. The lowest BCUT2D eigenvalue weighted by atomic mass is 10.1. The van der Waals surface area contributed by atoms with Gasteiger partial charge in [-0.2, -0.15) is 0 Å². The van der Waals surface area contributed by atoms with Crippen LogP contribution in [-0.4, -0.2) is 34.4 Å². The molecule has 0 saturated heterocycles. The van der Waals surface area contributed by atoms with E-state index in [2.05, 4.69) is 15.0 Å². The van der Waals surface area contributed by atoms with E-state index in [4.69, 9.17) is 23.1 Å². The van der Waals surface area contributed by atoms with Gasteiger partial charge in [0.15, 0.2) is 5.62 Å². The summed E-state index contributed by atoms with van der Waals surface area (Å²) in [6.45, 7) is 3.50. The zero-order chi connectivity index (χ0) is 29.2. The lowest BCUT2D eigenvalue weighted by Crippen LogP contribution is -2.39. The third-order valence-corrected chi connectivity index (χ3v) is 8.34. The largest absolute Gasteiger partial charge is 0.397 e. The van der Waals surface area contributed by atoms with Gasteiger partial charge in [-0.3, -0.25) is 14.4 Å². The van der Waals surface area contributed by atoms with Gasteiger partial charge in [-0.1, -0.05) is 35.9 Å². The Kier molecular flexibility index (Phi) is 8.60. The summed E-state index contributed by atoms with van der Waals surface area (Å²) in [5, 5.41) is 4.62. The minimum absolute atomic E-state index is 0.0957. The first-order valence-electron chi connectivity index (χ1n) is 12.9. The molecule has 1 fully saturated rings. The number of fused-ring (bicyclic) bond motifs is 1. The molecule has 1 heterocycles. The van der Waals surface area contributed by atoms with Crippen molar-refractivity contribution in [3.8, 4) is 0 Å². The Hall–Kier alpha value is -3.76. The number of aromatic nitrogens is 1. The number of pyridine rings is 1. The molecular formula is C29H35ClN6O3S. The van der Waals surface area contributed by atoms with Crippen molar-refractivity contribution in [1.29, 1.82) is 0 Å². The van der Waals surface area contributed by atoms with E-state index in [9.17, 15) is 14.4 Å². The number of amidine groups is 1. The molecule has 0 bridgehead atoms. The summed E-state index contributed by atoms with van der Waals surface area (Å²) < 4.78 is 4.97. The minimum Gasteiger partial charge on any atom is -0.397 e. The van der Waals surface area contributed by atoms with Gasteiger partial charge in [0.2, 0.25) is 5.91 Å². The van der Waals surface area contributed by atoms with Crippen molar-refractivity contribution in [2.24, 2.45) is 22.4 Å². The number of carbonyl (C=O) groups is 2. The summed E-state index contributed by atoms with van der Waals surface area (Å²) >= 11 is 6.34. The fourth-order valence-corrected chi connectivity index (χ4v) is 5.41. The standard InChI is InChI=1S/C29H35ClN6O3S/c1-17(27(32)33-15-24(31)19-7-5-9-21(13-19)35-40(3,4)16-37)28(38)34-18(2)25-14-20-8-6-10-23(30)26(20)29(39)36(25)22-11-12-22/h5-10,13-18,22,35H,11-12,31H2,1-4H3,(H2,32,33)(H,34,38)/b24-15-/t17?,18-/m0/s1. The molecule has 11 heteroatoms. The molecule has 3 aromatic rings. The third-order valence-electron chi connectivity index (χ3n) is 6.78. The molecule has 1 aliphatic carbocycles. The Morgan fingerprint density at radius 3 is 2.52 bits per heavy atom. The van der Waals surface area contributed by atoms with E-state index < -0.39 is 22.2 Å². The summed E-state index contributed by atoms with van der Waals surface area (Å²) in [5.41, 5.74) is 15.7. The number of halogens is 1. The van der Waals surface area contributed by atoms with Crippen LogP contribution in [-0.2, 0) is 9.59 Å². The van der Waals surface area contributed by atoms with Crippen molar-refractivity contribution >= 4 is 61.3 Å². The van der Waals surface area contributed by atoms with Crippen LogP contribution in [0.5, 0.6) is 0 Å². The maximum Gasteiger partial charge on any atom is 0.260 e. The summed E-state index contributed by atoms with van der Waals surface area (Å²) in [5.74, 6) is -0.974. The molecule has 40 heavy (non-hydrogen) atoms. The van der Waals surface area contributed by atoms with Gasteiger partial charge in [0.25, 0.3) is 5.56 Å². The molecule has 2 aromatic carbocycles. The molecule has 9 nitrogen and oxygen atoms in total. The molecule has 1 amide bonds. The van der Waals surface area contributed by atoms with Crippen LogP contribution < -0.4 is 27.1 Å². The van der Waals surface area contributed by atoms with Crippen molar-refractivity contribution in [2.75, 3.05) is 17.2 Å². The van der Waals surface area contributed by atoms with Gasteiger partial charge in [0, 0.05) is 23.0 Å². The topological polar surface area (TPSA) is 145 Å². The zero-order valence-corrected chi connectivity index (χ0v) is 24.6. The van der Waals surface area contributed by atoms with Gasteiger partial charge in [0.05, 0.1) is 34.3 Å². The number of nitrogens with two attached hydrogens (primary N) is 2. The van der Waals surface area contributed by atoms with Gasteiger partial charge < -0.3 is 26.1 Å². The average molecular weight is 583 g/mol. The second-order valence-corrected chi connectivity index (χ2v) is 14.1. The van der Waals surface area contributed by atoms with Gasteiger partial charge in [0.1, 0.15) is 5.84 Å². The highest BCUT2D eigenvalue weighted by Crippen LogP contribution is 2.38. The van der Waals surface area contributed by atoms with Crippen LogP contribution in [0.2, 0.25) is 5.02 Å². The fourth-order valence-electron chi connectivity index (χ4n) is 4.36. The first-order chi connectivity index (χ1) is 18.9. The quantitative estimate of drug-likeness (QED) is 0.155. The summed E-state index contributed by atoms with van der Waals surface area (Å²) in [4.78, 5) is 42.0. The number of nitrogens with zero attached hydrogens (tertiary/aromatic N) is 2. The van der Waals surface area contributed by atoms with Crippen molar-refractivity contribution < 1.29 is 9.59 Å². The van der Waals surface area contributed by atoms with Crippen LogP contribution in [0, 0.1) is 5.92 Å². The van der Waals surface area contributed by atoms with Crippen LogP contribution in [0.1, 0.15) is 50.0 Å². The predicted octanol–water partition coefficient (Wildman–Crippen LogP) is 4.70. The highest BCUT2D eigenvalue weighted by molar-refractivity contribution is 8.43. The molecule has 1 unspecified atom stereocenters. The molecule has 1 aliphatic rings. The maximum absolute atomic E-state index is 13.3. The Labute approximate surface area is 240 Å². The zero-order valence-electron chi connectivity index (χ0n) is 23.0. The van der Waals surface area contributed by atoms with Crippen molar-refractivity contribution in [1.82, 2.24) is 9.88 Å². The van der Waals surface area contributed by atoms with Gasteiger partial charge >= 0.3 is 0 Å². The SMILES string of the molecule is CC(C(=O)N[C@@H](C)c1cc2cccc(Cl)c2c(=O)n1C1CC1)C(N)=N/C=C(\N)c1cccc(NS(C)(C)C=O)c1. The van der Waals surface area contributed by atoms with E-state index >= 15 is 0 Å². The van der Waals surface area contributed by atoms with E-state index in [1.54, 1.807) is 23.6 Å². The van der Waals surface area contributed by atoms with Crippen LogP contribution >= 0.6 is 21.8 Å². The van der Waals surface area contributed by atoms with Gasteiger partial charge in [-0.25, -0.2) is 4.99 Å². The summed E-state index contributed by atoms with van der Waals surface area (Å²) in [7, 11) is -1.62. The second-order valence-electron chi connectivity index (χ2n) is 10.5. The van der Waals surface area contributed by atoms with Crippen molar-refractivity contribution in [2.45, 2.75) is 38.8 Å². The normalized spacial score (nSPS) is 16.3. The maximum atomic E-state index is 13.3. The van der Waals surface area contributed by atoms with Crippen molar-refractivity contribution in [3.05, 3.63) is 81.4 Å². The highest BCUT2D eigenvalue weighted by atomic mass is 35.5. The van der Waals surface area contributed by atoms with E-state index in [0.717, 1.165) is 35.2 Å². The number of hydrogen-bond donors (Lipinski definition) is 4. The molecule has 212 valence electrons. The number of rotatable bonds is 10. The summed E-state index contributed by atoms with van der Waals surface area (Å²) in [6.07, 6.45) is 6.93. The van der Waals surface area contributed by atoms with E-state index in [0.29, 0.717) is 21.7 Å². The first-order valence-corrected chi connectivity index (χ1v) is 15.8. The Bertz CT molecular complexity index is 1580. The lowest BCUT2D eigenvalue weighted by Gasteiger charge is -2.26. The number of benzene rings is 2. The molecule has 0 radical (unpaired) electrons. The molecule has 4 rings (SSSR count). The van der Waals surface area contributed by atoms with E-state index in [-0.39, 0.29) is 23.3 Å². The second kappa shape index (κ2) is 11.8. The number of anilines is 1. The molecule has 1 saturated carbocycles. The number of hydrogen-bond acceptors (Lipinski definition) is 6. The Balaban J connectivity index is 1.50. The van der Waals surface area contributed by atoms with Gasteiger partial charge in [-0.15, -0.1) is 10.2 Å². The predicted molar refractivity (Wildman–Crippen MR) is 167 cm³/mol. The van der Waals surface area contributed by atoms with Gasteiger partial charge in [-0.05, 0) is 68.9 Å². The summed E-state index contributed by atoms with van der Waals surface area (Å²) in [6, 6.07) is 14.2. The van der Waals surface area contributed by atoms with E-state index in [1.807, 2.05) is 55.8 Å². The minimum atomic E-state index is -1.62. The van der Waals surface area contributed by atoms with Crippen LogP contribution in [0.4, 0.5) is 5.69 Å². The Morgan fingerprint density at radius 1 is 1.15 bits per heavy atom. The number of aliphatic imine (C=N–C) groups is 1. The molecule has 6 N–H and O–H groups in total. The number of nitrogens with one attached hydrogen (secondary N) is 2. The van der Waals surface area contributed by atoms with Crippen molar-refractivity contribution in [3.63, 3.8) is 0 Å². The van der Waals surface area contributed by atoms with E-state index in [1.165, 1.54) is 6.20 Å². The van der Waals surface area contributed by atoms with Crippen LogP contribution in [0.15, 0.2) is 64.5 Å². The lowest BCUT2D eigenvalue weighted by molar-refractivity contribution is -0.123. The monoisotopic (exact) mass is 582 g/mol. The molecule has 0 spiro atoms. The third kappa shape index (κ3) is 6.51. The number of amides is 1. The molecule has 2 atom stereocenters. The molecule has 0 aliphatic heterocycles. The molecular weight excluding hydrogens is 548 g/mol. The fraction of sp³-hybridized carbons (Fsp3) is 0.310. The number of carbonyl (C=O) groups excluding carboxylic acids is 2. The van der Waals surface area contributed by atoms with Crippen LogP contribution in [0.25, 0.3) is 16.5 Å². The molecule has 1 aromatic heterocycles.